The fourth-order valence-corrected chi connectivity index (χ4v) is 2.75. The van der Waals surface area contributed by atoms with Crippen molar-refractivity contribution in [2.45, 2.75) is 13.5 Å². The number of rotatable bonds is 3. The molecule has 0 unspecified atom stereocenters. The number of thiazole rings is 1. The van der Waals surface area contributed by atoms with E-state index in [9.17, 15) is 0 Å². The zero-order valence-corrected chi connectivity index (χ0v) is 11.2. The zero-order chi connectivity index (χ0) is 12.4. The highest BCUT2D eigenvalue weighted by molar-refractivity contribution is 7.19. The predicted molar refractivity (Wildman–Crippen MR) is 71.7 cm³/mol. The van der Waals surface area contributed by atoms with Gasteiger partial charge >= 0.3 is 0 Å². The Balaban J connectivity index is 2.42. The van der Waals surface area contributed by atoms with E-state index in [1.165, 1.54) is 11.3 Å². The highest BCUT2D eigenvalue weighted by Gasteiger charge is 2.10. The Bertz CT molecular complexity index is 539. The minimum Gasteiger partial charge on any atom is -0.496 e. The number of nitrogens with zero attached hydrogens (tertiary/aromatic N) is 1. The van der Waals surface area contributed by atoms with Gasteiger partial charge in [-0.3, -0.25) is 0 Å². The Morgan fingerprint density at radius 3 is 2.76 bits per heavy atom. The van der Waals surface area contributed by atoms with E-state index in [0.717, 1.165) is 27.6 Å². The molecule has 0 radical (unpaired) electrons. The first kappa shape index (κ1) is 12.4. The van der Waals surface area contributed by atoms with Crippen molar-refractivity contribution >= 4 is 22.9 Å². The monoisotopic (exact) mass is 268 g/mol. The molecule has 0 amide bonds. The van der Waals surface area contributed by atoms with E-state index in [1.807, 2.05) is 25.1 Å². The summed E-state index contributed by atoms with van der Waals surface area (Å²) in [4.78, 5) is 4.42. The van der Waals surface area contributed by atoms with Crippen molar-refractivity contribution in [3.05, 3.63) is 33.8 Å². The molecule has 0 saturated carbocycles. The van der Waals surface area contributed by atoms with E-state index < -0.39 is 0 Å². The van der Waals surface area contributed by atoms with Crippen LogP contribution >= 0.6 is 22.9 Å². The fourth-order valence-electron chi connectivity index (χ4n) is 1.59. The molecule has 17 heavy (non-hydrogen) atoms. The largest absolute Gasteiger partial charge is 0.496 e. The van der Waals surface area contributed by atoms with E-state index in [0.29, 0.717) is 10.9 Å². The van der Waals surface area contributed by atoms with Crippen LogP contribution in [0.4, 0.5) is 0 Å². The molecular formula is C12H13ClN2OS. The van der Waals surface area contributed by atoms with Crippen LogP contribution in [0.5, 0.6) is 5.75 Å². The Kier molecular flexibility index (Phi) is 3.66. The van der Waals surface area contributed by atoms with Gasteiger partial charge in [0, 0.05) is 12.1 Å². The summed E-state index contributed by atoms with van der Waals surface area (Å²) in [6, 6.07) is 5.94. The normalized spacial score (nSPS) is 10.6. The van der Waals surface area contributed by atoms with Gasteiger partial charge in [-0.1, -0.05) is 11.6 Å². The molecule has 2 rings (SSSR count). The van der Waals surface area contributed by atoms with E-state index in [2.05, 4.69) is 4.98 Å². The van der Waals surface area contributed by atoms with Crippen LogP contribution in [0.15, 0.2) is 18.2 Å². The summed E-state index contributed by atoms with van der Waals surface area (Å²) >= 11 is 7.49. The minimum atomic E-state index is 0.366. The maximum absolute atomic E-state index is 6.04. The second-order valence-corrected chi connectivity index (χ2v) is 5.23. The highest BCUT2D eigenvalue weighted by Crippen LogP contribution is 2.33. The second kappa shape index (κ2) is 5.04. The number of aromatic nitrogens is 1. The highest BCUT2D eigenvalue weighted by atomic mass is 35.5. The summed E-state index contributed by atoms with van der Waals surface area (Å²) in [6.45, 7) is 2.37. The summed E-state index contributed by atoms with van der Waals surface area (Å²) in [5.41, 5.74) is 8.42. The van der Waals surface area contributed by atoms with Gasteiger partial charge in [-0.15, -0.1) is 11.3 Å². The molecule has 0 aliphatic heterocycles. The van der Waals surface area contributed by atoms with Gasteiger partial charge in [-0.2, -0.15) is 0 Å². The van der Waals surface area contributed by atoms with Crippen LogP contribution in [0.3, 0.4) is 0 Å². The van der Waals surface area contributed by atoms with Crippen LogP contribution < -0.4 is 10.5 Å². The van der Waals surface area contributed by atoms with Crippen LogP contribution in [0.2, 0.25) is 4.34 Å². The molecule has 1 aromatic heterocycles. The number of methoxy groups -OCH3 is 1. The Morgan fingerprint density at radius 1 is 1.47 bits per heavy atom. The summed E-state index contributed by atoms with van der Waals surface area (Å²) in [6.07, 6.45) is 0. The number of ether oxygens (including phenoxy) is 1. The van der Waals surface area contributed by atoms with Crippen molar-refractivity contribution in [1.29, 1.82) is 0 Å². The predicted octanol–water partition coefficient (Wildman–Crippen LogP) is 3.24. The molecule has 0 saturated heterocycles. The van der Waals surface area contributed by atoms with Crippen LogP contribution in [0.25, 0.3) is 10.6 Å². The first-order valence-electron chi connectivity index (χ1n) is 5.16. The number of hydrogen-bond donors (Lipinski definition) is 1. The fraction of sp³-hybridized carbons (Fsp3) is 0.250. The van der Waals surface area contributed by atoms with E-state index in [-0.39, 0.29) is 0 Å². The lowest BCUT2D eigenvalue weighted by Gasteiger charge is -2.05. The summed E-state index contributed by atoms with van der Waals surface area (Å²) in [5, 5.41) is 0.890. The number of halogens is 1. The number of aryl methyl sites for hydroxylation is 1. The van der Waals surface area contributed by atoms with Crippen molar-refractivity contribution < 1.29 is 4.74 Å². The smallest absolute Gasteiger partial charge is 0.125 e. The molecule has 0 spiro atoms. The first-order chi connectivity index (χ1) is 8.15. The quantitative estimate of drug-likeness (QED) is 0.930. The zero-order valence-electron chi connectivity index (χ0n) is 9.66. The van der Waals surface area contributed by atoms with E-state index in [1.54, 1.807) is 7.11 Å². The van der Waals surface area contributed by atoms with Gasteiger partial charge in [0.1, 0.15) is 15.1 Å². The second-order valence-electron chi connectivity index (χ2n) is 3.63. The molecule has 2 N–H and O–H groups in total. The lowest BCUT2D eigenvalue weighted by molar-refractivity contribution is 0.412. The summed E-state index contributed by atoms with van der Waals surface area (Å²) in [5.74, 6) is 0.871. The molecular weight excluding hydrogens is 256 g/mol. The van der Waals surface area contributed by atoms with Crippen molar-refractivity contribution in [2.24, 2.45) is 5.73 Å². The molecule has 0 atom stereocenters. The molecule has 1 aromatic carbocycles. The van der Waals surface area contributed by atoms with Gasteiger partial charge in [0.2, 0.25) is 0 Å². The summed E-state index contributed by atoms with van der Waals surface area (Å²) in [7, 11) is 1.66. The SMILES string of the molecule is COc1ccc(-c2nc(CN)c(Cl)s2)cc1C. The first-order valence-corrected chi connectivity index (χ1v) is 6.35. The molecule has 0 aliphatic carbocycles. The van der Waals surface area contributed by atoms with Gasteiger partial charge in [0.25, 0.3) is 0 Å². The van der Waals surface area contributed by atoms with Gasteiger partial charge in [-0.05, 0) is 30.7 Å². The molecule has 0 aliphatic rings. The number of hydrogen-bond acceptors (Lipinski definition) is 4. The van der Waals surface area contributed by atoms with Crippen molar-refractivity contribution in [3.63, 3.8) is 0 Å². The lowest BCUT2D eigenvalue weighted by Crippen LogP contribution is -1.96. The van der Waals surface area contributed by atoms with E-state index >= 15 is 0 Å². The minimum absolute atomic E-state index is 0.366. The molecule has 2 aromatic rings. The van der Waals surface area contributed by atoms with Crippen molar-refractivity contribution in [3.8, 4) is 16.3 Å². The van der Waals surface area contributed by atoms with Gasteiger partial charge in [0.15, 0.2) is 0 Å². The van der Waals surface area contributed by atoms with Crippen LogP contribution in [-0.2, 0) is 6.54 Å². The Labute approximate surface area is 109 Å². The van der Waals surface area contributed by atoms with Crippen molar-refractivity contribution in [1.82, 2.24) is 4.98 Å². The molecule has 1 heterocycles. The third-order valence-corrected chi connectivity index (χ3v) is 3.87. The molecule has 5 heteroatoms. The Hall–Kier alpha value is -1.10. The van der Waals surface area contributed by atoms with Gasteiger partial charge in [-0.25, -0.2) is 4.98 Å². The maximum Gasteiger partial charge on any atom is 0.125 e. The molecule has 0 bridgehead atoms. The Morgan fingerprint density at radius 2 is 2.24 bits per heavy atom. The average molecular weight is 269 g/mol. The number of benzene rings is 1. The lowest BCUT2D eigenvalue weighted by atomic mass is 10.1. The maximum atomic E-state index is 6.04. The van der Waals surface area contributed by atoms with Crippen LogP contribution in [0.1, 0.15) is 11.3 Å². The van der Waals surface area contributed by atoms with Gasteiger partial charge in [0.05, 0.1) is 12.8 Å². The third-order valence-electron chi connectivity index (χ3n) is 2.48. The van der Waals surface area contributed by atoms with Crippen LogP contribution in [-0.4, -0.2) is 12.1 Å². The van der Waals surface area contributed by atoms with Crippen LogP contribution in [0, 0.1) is 6.92 Å². The molecule has 0 fully saturated rings. The average Bonchev–Trinajstić information content (AvgIpc) is 2.70. The number of nitrogens with two attached hydrogens (primary N) is 1. The molecule has 90 valence electrons. The molecule has 3 nitrogen and oxygen atoms in total. The third kappa shape index (κ3) is 2.44. The standard InChI is InChI=1S/C12H13ClN2OS/c1-7-5-8(3-4-10(7)16-2)12-15-9(6-14)11(13)17-12/h3-5H,6,14H2,1-2H3. The van der Waals surface area contributed by atoms with Crippen molar-refractivity contribution in [2.75, 3.05) is 7.11 Å². The topological polar surface area (TPSA) is 48.1 Å². The summed E-state index contributed by atoms with van der Waals surface area (Å²) < 4.78 is 5.89. The van der Waals surface area contributed by atoms with Gasteiger partial charge < -0.3 is 10.5 Å². The van der Waals surface area contributed by atoms with E-state index in [4.69, 9.17) is 22.1 Å².